The fourth-order valence-electron chi connectivity index (χ4n) is 3.64. The van der Waals surface area contributed by atoms with Gasteiger partial charge in [0.05, 0.1) is 17.9 Å². The Morgan fingerprint density at radius 1 is 1.26 bits per heavy atom. The van der Waals surface area contributed by atoms with E-state index in [-0.39, 0.29) is 16.7 Å². The van der Waals surface area contributed by atoms with Gasteiger partial charge < -0.3 is 14.5 Å². The van der Waals surface area contributed by atoms with Gasteiger partial charge in [-0.25, -0.2) is 8.42 Å². The zero-order valence-corrected chi connectivity index (χ0v) is 19.5. The summed E-state index contributed by atoms with van der Waals surface area (Å²) in [6.45, 7) is 1.47. The fraction of sp³-hybridized carbons (Fsp3) is 0.455. The molecule has 2 aromatic rings. The summed E-state index contributed by atoms with van der Waals surface area (Å²) in [5.41, 5.74) is 0. The smallest absolute Gasteiger partial charge is 0.245 e. The van der Waals surface area contributed by atoms with Crippen LogP contribution in [-0.4, -0.2) is 69.1 Å². The molecule has 2 amide bonds. The highest BCUT2D eigenvalue weighted by Gasteiger charge is 2.35. The van der Waals surface area contributed by atoms with Crippen LogP contribution in [0.5, 0.6) is 5.75 Å². The Labute approximate surface area is 187 Å². The molecule has 1 atom stereocenters. The Bertz CT molecular complexity index is 1000. The quantitative estimate of drug-likeness (QED) is 0.533. The van der Waals surface area contributed by atoms with Gasteiger partial charge in [-0.05, 0) is 48.9 Å². The first-order chi connectivity index (χ1) is 14.8. The molecule has 1 aromatic carbocycles. The Hall–Kier alpha value is -2.39. The number of carbonyl (C=O) groups excluding carboxylic acids is 2. The second kappa shape index (κ2) is 10.3. The molecule has 0 radical (unpaired) electrons. The number of hydrogen-bond donors (Lipinski definition) is 0. The zero-order chi connectivity index (χ0) is 22.4. The summed E-state index contributed by atoms with van der Waals surface area (Å²) < 4.78 is 28.9. The number of nitrogens with zero attached hydrogens (tertiary/aromatic N) is 2. The van der Waals surface area contributed by atoms with Crippen molar-refractivity contribution in [1.82, 2.24) is 9.80 Å². The topological polar surface area (TPSA) is 84.0 Å². The molecule has 7 nitrogen and oxygen atoms in total. The van der Waals surface area contributed by atoms with E-state index in [4.69, 9.17) is 4.74 Å². The molecule has 1 saturated heterocycles. The molecule has 1 aliphatic heterocycles. The standard InChI is InChI=1S/C22H28N2O5S2/c1-23(11-6-13-29-17-7-3-9-19(15-17)31(2,27)28)22(26)20-10-4-12-24(20)21(25)16-18-8-5-14-30-18/h3,5,7-9,14-15,20H,4,6,10-13,16H2,1-2H3. The maximum absolute atomic E-state index is 12.9. The molecule has 0 saturated carbocycles. The van der Waals surface area contributed by atoms with Crippen LogP contribution in [0.25, 0.3) is 0 Å². The number of amides is 2. The van der Waals surface area contributed by atoms with Gasteiger partial charge in [0, 0.05) is 31.3 Å². The SMILES string of the molecule is CN(CCCOc1cccc(S(C)(=O)=O)c1)C(=O)C1CCCN1C(=O)Cc1cccs1. The van der Waals surface area contributed by atoms with Gasteiger partial charge in [0.1, 0.15) is 11.8 Å². The Morgan fingerprint density at radius 2 is 2.06 bits per heavy atom. The molecule has 31 heavy (non-hydrogen) atoms. The minimum atomic E-state index is -3.28. The van der Waals surface area contributed by atoms with Crippen LogP contribution < -0.4 is 4.74 Å². The predicted molar refractivity (Wildman–Crippen MR) is 120 cm³/mol. The van der Waals surface area contributed by atoms with Crippen LogP contribution in [0.4, 0.5) is 0 Å². The van der Waals surface area contributed by atoms with Gasteiger partial charge >= 0.3 is 0 Å². The number of benzene rings is 1. The normalized spacial score (nSPS) is 16.3. The van der Waals surface area contributed by atoms with Gasteiger partial charge in [0.25, 0.3) is 0 Å². The third-order valence-corrected chi connectivity index (χ3v) is 7.27. The van der Waals surface area contributed by atoms with Crippen LogP contribution in [-0.2, 0) is 25.8 Å². The number of likely N-dealkylation sites (N-methyl/N-ethyl adjacent to an activating group) is 1. The first kappa shape index (κ1) is 23.3. The van der Waals surface area contributed by atoms with Crippen LogP contribution in [0, 0.1) is 0 Å². The average molecular weight is 465 g/mol. The van der Waals surface area contributed by atoms with Crippen LogP contribution in [0.1, 0.15) is 24.1 Å². The molecule has 0 bridgehead atoms. The summed E-state index contributed by atoms with van der Waals surface area (Å²) in [5.74, 6) is 0.440. The predicted octanol–water partition coefficient (Wildman–Crippen LogP) is 2.61. The third kappa shape index (κ3) is 6.30. The number of carbonyl (C=O) groups is 2. The lowest BCUT2D eigenvalue weighted by molar-refractivity contribution is -0.142. The Balaban J connectivity index is 1.47. The van der Waals surface area contributed by atoms with Gasteiger partial charge in [0.2, 0.25) is 11.8 Å². The van der Waals surface area contributed by atoms with Gasteiger partial charge in [-0.2, -0.15) is 0 Å². The summed E-state index contributed by atoms with van der Waals surface area (Å²) in [5, 5.41) is 1.95. The monoisotopic (exact) mass is 464 g/mol. The van der Waals surface area contributed by atoms with Gasteiger partial charge in [-0.15, -0.1) is 11.3 Å². The minimum absolute atomic E-state index is 0.000733. The molecule has 9 heteroatoms. The summed E-state index contributed by atoms with van der Waals surface area (Å²) >= 11 is 1.55. The van der Waals surface area contributed by atoms with Crippen molar-refractivity contribution in [3.8, 4) is 5.75 Å². The van der Waals surface area contributed by atoms with Crippen molar-refractivity contribution in [2.75, 3.05) is 33.0 Å². The van der Waals surface area contributed by atoms with Gasteiger partial charge in [-0.1, -0.05) is 12.1 Å². The Kier molecular flexibility index (Phi) is 7.72. The van der Waals surface area contributed by atoms with Crippen molar-refractivity contribution in [3.63, 3.8) is 0 Å². The van der Waals surface area contributed by atoms with Gasteiger partial charge in [-0.3, -0.25) is 9.59 Å². The van der Waals surface area contributed by atoms with E-state index in [2.05, 4.69) is 0 Å². The Morgan fingerprint density at radius 3 is 2.77 bits per heavy atom. The molecular weight excluding hydrogens is 436 g/mol. The first-order valence-electron chi connectivity index (χ1n) is 10.3. The number of thiophene rings is 1. The number of rotatable bonds is 9. The highest BCUT2D eigenvalue weighted by molar-refractivity contribution is 7.90. The lowest BCUT2D eigenvalue weighted by Crippen LogP contribution is -2.47. The largest absolute Gasteiger partial charge is 0.493 e. The molecule has 1 unspecified atom stereocenters. The number of sulfone groups is 1. The van der Waals surface area contributed by atoms with Crippen LogP contribution >= 0.6 is 11.3 Å². The fourth-order valence-corrected chi connectivity index (χ4v) is 4.99. The highest BCUT2D eigenvalue weighted by atomic mass is 32.2. The van der Waals surface area contributed by atoms with E-state index >= 15 is 0 Å². The van der Waals surface area contributed by atoms with Crippen molar-refractivity contribution >= 4 is 33.0 Å². The second-order valence-electron chi connectivity index (χ2n) is 7.71. The maximum Gasteiger partial charge on any atom is 0.245 e. The van der Waals surface area contributed by atoms with E-state index < -0.39 is 15.9 Å². The van der Waals surface area contributed by atoms with Crippen molar-refractivity contribution in [2.24, 2.45) is 0 Å². The lowest BCUT2D eigenvalue weighted by Gasteiger charge is -2.28. The van der Waals surface area contributed by atoms with E-state index in [1.165, 1.54) is 12.1 Å². The maximum atomic E-state index is 12.9. The average Bonchev–Trinajstić information content (AvgIpc) is 3.42. The van der Waals surface area contributed by atoms with Crippen molar-refractivity contribution < 1.29 is 22.7 Å². The summed E-state index contributed by atoms with van der Waals surface area (Å²) in [4.78, 5) is 30.2. The molecule has 1 aliphatic rings. The van der Waals surface area contributed by atoms with E-state index in [1.54, 1.807) is 40.3 Å². The molecular formula is C22H28N2O5S2. The third-order valence-electron chi connectivity index (χ3n) is 5.28. The molecule has 0 aliphatic carbocycles. The molecule has 1 aromatic heterocycles. The summed E-state index contributed by atoms with van der Waals surface area (Å²) in [6, 6.07) is 9.84. The van der Waals surface area contributed by atoms with Crippen LogP contribution in [0.15, 0.2) is 46.7 Å². The molecule has 3 rings (SSSR count). The first-order valence-corrected chi connectivity index (χ1v) is 13.0. The second-order valence-corrected chi connectivity index (χ2v) is 10.8. The van der Waals surface area contributed by atoms with E-state index in [9.17, 15) is 18.0 Å². The minimum Gasteiger partial charge on any atom is -0.493 e. The van der Waals surface area contributed by atoms with E-state index in [0.717, 1.165) is 17.6 Å². The van der Waals surface area contributed by atoms with Crippen molar-refractivity contribution in [2.45, 2.75) is 36.6 Å². The molecule has 0 N–H and O–H groups in total. The molecule has 2 heterocycles. The molecule has 0 spiro atoms. The molecule has 1 fully saturated rings. The van der Waals surface area contributed by atoms with Crippen molar-refractivity contribution in [3.05, 3.63) is 46.7 Å². The number of likely N-dealkylation sites (tertiary alicyclic amines) is 1. The van der Waals surface area contributed by atoms with Crippen molar-refractivity contribution in [1.29, 1.82) is 0 Å². The van der Waals surface area contributed by atoms with Crippen LogP contribution in [0.2, 0.25) is 0 Å². The van der Waals surface area contributed by atoms with E-state index in [0.29, 0.717) is 44.7 Å². The zero-order valence-electron chi connectivity index (χ0n) is 17.8. The van der Waals surface area contributed by atoms with Crippen LogP contribution in [0.3, 0.4) is 0 Å². The summed E-state index contributed by atoms with van der Waals surface area (Å²) in [6.07, 6.45) is 3.62. The van der Waals surface area contributed by atoms with E-state index in [1.807, 2.05) is 17.5 Å². The summed E-state index contributed by atoms with van der Waals surface area (Å²) in [7, 11) is -1.54. The molecule has 168 valence electrons. The number of hydrogen-bond acceptors (Lipinski definition) is 6. The van der Waals surface area contributed by atoms with Gasteiger partial charge in [0.15, 0.2) is 9.84 Å². The lowest BCUT2D eigenvalue weighted by atomic mass is 10.2. The number of ether oxygens (including phenoxy) is 1. The highest BCUT2D eigenvalue weighted by Crippen LogP contribution is 2.22.